The quantitative estimate of drug-likeness (QED) is 0.473. The molecule has 0 bridgehead atoms. The highest BCUT2D eigenvalue weighted by atomic mass is 16.6. The number of carbonyl (C=O) groups is 1. The zero-order chi connectivity index (χ0) is 23.5. The predicted octanol–water partition coefficient (Wildman–Crippen LogP) is 4.22. The molecule has 3 fully saturated rings. The first-order valence-electron chi connectivity index (χ1n) is 12.3. The molecule has 8 heteroatoms. The number of ether oxygens (including phenoxy) is 1. The monoisotopic (exact) mass is 464 g/mol. The van der Waals surface area contributed by atoms with Gasteiger partial charge in [0, 0.05) is 63.6 Å². The van der Waals surface area contributed by atoms with Gasteiger partial charge in [-0.2, -0.15) is 0 Å². The van der Waals surface area contributed by atoms with E-state index in [4.69, 9.17) is 4.74 Å². The Bertz CT molecular complexity index is 986. The lowest BCUT2D eigenvalue weighted by molar-refractivity contribution is -0.384. The van der Waals surface area contributed by atoms with Crippen LogP contribution in [-0.2, 0) is 11.3 Å². The number of rotatable bonds is 6. The topological polar surface area (TPSA) is 79.2 Å². The molecule has 34 heavy (non-hydrogen) atoms. The average Bonchev–Trinajstić information content (AvgIpc) is 3.23. The van der Waals surface area contributed by atoms with Crippen molar-refractivity contribution in [2.75, 3.05) is 32.8 Å². The van der Waals surface area contributed by atoms with Crippen molar-refractivity contribution in [1.82, 2.24) is 14.7 Å². The fourth-order valence-electron chi connectivity index (χ4n) is 5.62. The first-order valence-corrected chi connectivity index (χ1v) is 12.3. The Morgan fingerprint density at radius 1 is 0.912 bits per heavy atom. The Kier molecular flexibility index (Phi) is 6.78. The number of piperidine rings is 1. The van der Waals surface area contributed by atoms with Crippen LogP contribution in [-0.4, -0.2) is 70.6 Å². The molecule has 0 saturated carbocycles. The van der Waals surface area contributed by atoms with Gasteiger partial charge in [-0.3, -0.25) is 15.0 Å². The summed E-state index contributed by atoms with van der Waals surface area (Å²) in [5.74, 6) is 0. The van der Waals surface area contributed by atoms with E-state index >= 15 is 0 Å². The van der Waals surface area contributed by atoms with Gasteiger partial charge in [0.1, 0.15) is 0 Å². The molecule has 2 aromatic carbocycles. The first-order chi connectivity index (χ1) is 16.6. The van der Waals surface area contributed by atoms with Gasteiger partial charge in [0.05, 0.1) is 11.0 Å². The van der Waals surface area contributed by atoms with Crippen LogP contribution in [0.3, 0.4) is 0 Å². The average molecular weight is 465 g/mol. The summed E-state index contributed by atoms with van der Waals surface area (Å²) < 4.78 is 5.54. The Balaban J connectivity index is 1.26. The van der Waals surface area contributed by atoms with Crippen molar-refractivity contribution < 1.29 is 14.5 Å². The molecule has 0 N–H and O–H groups in total. The third-order valence-electron chi connectivity index (χ3n) is 7.49. The molecule has 3 aliphatic rings. The highest BCUT2D eigenvalue weighted by Crippen LogP contribution is 2.37. The largest absolute Gasteiger partial charge is 0.381 e. The summed E-state index contributed by atoms with van der Waals surface area (Å²) in [4.78, 5) is 30.9. The number of non-ortho nitro benzene ring substituents is 1. The van der Waals surface area contributed by atoms with Crippen molar-refractivity contribution in [3.05, 3.63) is 75.8 Å². The lowest BCUT2D eigenvalue weighted by Gasteiger charge is -2.39. The Morgan fingerprint density at radius 2 is 1.59 bits per heavy atom. The van der Waals surface area contributed by atoms with Gasteiger partial charge in [0.15, 0.2) is 0 Å². The fraction of sp³-hybridized carbons (Fsp3) is 0.500. The number of nitro benzene ring substituents is 1. The highest BCUT2D eigenvalue weighted by molar-refractivity contribution is 5.78. The Morgan fingerprint density at radius 3 is 2.24 bits per heavy atom. The maximum absolute atomic E-state index is 13.7. The number of likely N-dealkylation sites (tertiary alicyclic amines) is 1. The third kappa shape index (κ3) is 4.79. The van der Waals surface area contributed by atoms with E-state index in [1.54, 1.807) is 12.1 Å². The van der Waals surface area contributed by atoms with Crippen LogP contribution < -0.4 is 0 Å². The minimum absolute atomic E-state index is 0.0859. The number of hydrogen-bond acceptors (Lipinski definition) is 5. The predicted molar refractivity (Wildman–Crippen MR) is 128 cm³/mol. The molecule has 0 aliphatic carbocycles. The van der Waals surface area contributed by atoms with Crippen LogP contribution in [0.2, 0.25) is 0 Å². The molecule has 0 spiro atoms. The van der Waals surface area contributed by atoms with Crippen LogP contribution in [0.5, 0.6) is 0 Å². The number of benzene rings is 2. The van der Waals surface area contributed by atoms with Crippen LogP contribution in [0.4, 0.5) is 10.5 Å². The van der Waals surface area contributed by atoms with Gasteiger partial charge in [-0.1, -0.05) is 42.5 Å². The smallest absolute Gasteiger partial charge is 0.321 e. The van der Waals surface area contributed by atoms with Crippen molar-refractivity contribution in [2.24, 2.45) is 0 Å². The molecule has 0 aromatic heterocycles. The molecular weight excluding hydrogens is 432 g/mol. The second-order valence-corrected chi connectivity index (χ2v) is 9.54. The van der Waals surface area contributed by atoms with Crippen molar-refractivity contribution in [3.8, 4) is 0 Å². The Hall–Kier alpha value is -2.97. The van der Waals surface area contributed by atoms with Gasteiger partial charge < -0.3 is 14.5 Å². The molecule has 5 rings (SSSR count). The molecular formula is C26H32N4O4. The van der Waals surface area contributed by atoms with Gasteiger partial charge in [-0.25, -0.2) is 4.79 Å². The van der Waals surface area contributed by atoms with Crippen LogP contribution in [0.1, 0.15) is 42.9 Å². The minimum Gasteiger partial charge on any atom is -0.381 e. The number of urea groups is 1. The van der Waals surface area contributed by atoms with E-state index < -0.39 is 0 Å². The van der Waals surface area contributed by atoms with Crippen LogP contribution in [0.25, 0.3) is 0 Å². The maximum Gasteiger partial charge on any atom is 0.321 e. The lowest BCUT2D eigenvalue weighted by Crippen LogP contribution is -2.48. The molecule has 1 atom stereocenters. The van der Waals surface area contributed by atoms with Crippen molar-refractivity contribution in [2.45, 2.75) is 50.4 Å². The van der Waals surface area contributed by atoms with Crippen molar-refractivity contribution in [1.29, 1.82) is 0 Å². The summed E-state index contributed by atoms with van der Waals surface area (Å²) in [5, 5.41) is 10.9. The number of carbonyl (C=O) groups excluding carboxylic acids is 1. The van der Waals surface area contributed by atoms with Crippen molar-refractivity contribution >= 4 is 11.7 Å². The standard InChI is InChI=1S/C26H32N4O4/c31-26-28(22-12-16-34-17-13-22)19-25(21-4-2-1-3-5-21)29(26)23-10-14-27(15-11-23)18-20-6-8-24(9-7-20)30(32)33/h1-9,22-23,25H,10-19H2/t25-/m0/s1. The molecule has 2 aromatic rings. The summed E-state index contributed by atoms with van der Waals surface area (Å²) in [5.41, 5.74) is 2.41. The first kappa shape index (κ1) is 22.8. The molecule has 8 nitrogen and oxygen atoms in total. The molecule has 3 aliphatic heterocycles. The summed E-state index contributed by atoms with van der Waals surface area (Å²) in [7, 11) is 0. The van der Waals surface area contributed by atoms with Gasteiger partial charge in [-0.15, -0.1) is 0 Å². The third-order valence-corrected chi connectivity index (χ3v) is 7.49. The van der Waals surface area contributed by atoms with Crippen LogP contribution >= 0.6 is 0 Å². The summed E-state index contributed by atoms with van der Waals surface area (Å²) in [6.45, 7) is 4.79. The number of hydrogen-bond donors (Lipinski definition) is 0. The van der Waals surface area contributed by atoms with Crippen LogP contribution in [0, 0.1) is 10.1 Å². The second-order valence-electron chi connectivity index (χ2n) is 9.54. The van der Waals surface area contributed by atoms with E-state index in [9.17, 15) is 14.9 Å². The molecule has 2 amide bonds. The molecule has 3 saturated heterocycles. The van der Waals surface area contributed by atoms with E-state index in [0.717, 1.165) is 70.6 Å². The van der Waals surface area contributed by atoms with Gasteiger partial charge in [-0.05, 0) is 36.8 Å². The molecule has 0 unspecified atom stereocenters. The second kappa shape index (κ2) is 10.1. The van der Waals surface area contributed by atoms with E-state index in [2.05, 4.69) is 39.0 Å². The number of amides is 2. The summed E-state index contributed by atoms with van der Waals surface area (Å²) >= 11 is 0. The molecule has 0 radical (unpaired) electrons. The van der Waals surface area contributed by atoms with Crippen molar-refractivity contribution in [3.63, 3.8) is 0 Å². The van der Waals surface area contributed by atoms with E-state index in [-0.39, 0.29) is 34.8 Å². The lowest BCUT2D eigenvalue weighted by atomic mass is 9.98. The number of nitrogens with zero attached hydrogens (tertiary/aromatic N) is 4. The summed E-state index contributed by atoms with van der Waals surface area (Å²) in [6.07, 6.45) is 3.69. The van der Waals surface area contributed by atoms with Gasteiger partial charge in [0.2, 0.25) is 0 Å². The minimum atomic E-state index is -0.366. The zero-order valence-corrected chi connectivity index (χ0v) is 19.4. The SMILES string of the molecule is O=C1N(C2CCOCC2)C[C@@H](c2ccccc2)N1C1CCN(Cc2ccc([N+](=O)[O-])cc2)CC1. The highest BCUT2D eigenvalue weighted by Gasteiger charge is 2.45. The van der Waals surface area contributed by atoms with Crippen LogP contribution in [0.15, 0.2) is 54.6 Å². The molecule has 3 heterocycles. The Labute approximate surface area is 200 Å². The van der Waals surface area contributed by atoms with E-state index in [0.29, 0.717) is 0 Å². The summed E-state index contributed by atoms with van der Waals surface area (Å²) in [6, 6.07) is 18.0. The van der Waals surface area contributed by atoms with E-state index in [1.807, 2.05) is 18.2 Å². The molecule has 180 valence electrons. The normalized spacial score (nSPS) is 22.9. The van der Waals surface area contributed by atoms with E-state index in [1.165, 1.54) is 5.56 Å². The maximum atomic E-state index is 13.7. The number of nitro groups is 1. The zero-order valence-electron chi connectivity index (χ0n) is 19.4. The van der Waals surface area contributed by atoms with Gasteiger partial charge in [0.25, 0.3) is 5.69 Å². The fourth-order valence-corrected chi connectivity index (χ4v) is 5.62. The van der Waals surface area contributed by atoms with Gasteiger partial charge >= 0.3 is 6.03 Å².